The van der Waals surface area contributed by atoms with Crippen LogP contribution in [0, 0.1) is 5.41 Å². The predicted octanol–water partition coefficient (Wildman–Crippen LogP) is 0.418. The summed E-state index contributed by atoms with van der Waals surface area (Å²) in [5.41, 5.74) is 1.53. The number of piperidine rings is 1. The molecule has 4 N–H and O–H groups in total. The van der Waals surface area contributed by atoms with Gasteiger partial charge in [0.1, 0.15) is 13.2 Å². The van der Waals surface area contributed by atoms with Crippen LogP contribution in [0.3, 0.4) is 0 Å². The third kappa shape index (κ3) is 2.13. The molecule has 1 amide bonds. The molecular weight excluding hydrogens is 286 g/mol. The molecule has 2 heterocycles. The number of allylic oxidation sites excluding steroid dienone is 3. The maximum atomic E-state index is 11.9. The Bertz CT molecular complexity index is 559. The number of quaternary nitrogens is 1. The van der Waals surface area contributed by atoms with Gasteiger partial charge in [-0.25, -0.2) is 0 Å². The second-order valence-corrected chi connectivity index (χ2v) is 6.26. The van der Waals surface area contributed by atoms with Crippen LogP contribution in [-0.4, -0.2) is 64.6 Å². The molecule has 0 saturated carbocycles. The summed E-state index contributed by atoms with van der Waals surface area (Å²) in [6.45, 7) is 1.03. The third-order valence-corrected chi connectivity index (χ3v) is 5.07. The van der Waals surface area contributed by atoms with Crippen LogP contribution in [0.1, 0.15) is 19.3 Å². The number of aliphatic hydroxyl groups excluding tert-OH is 2. The molecule has 1 spiro atoms. The molecule has 1 saturated heterocycles. The molecule has 3 aliphatic rings. The molecule has 22 heavy (non-hydrogen) atoms. The first-order valence-electron chi connectivity index (χ1n) is 7.61. The fourth-order valence-corrected chi connectivity index (χ4v) is 3.72. The molecule has 0 bridgehead atoms. The van der Waals surface area contributed by atoms with Crippen molar-refractivity contribution in [1.82, 2.24) is 5.32 Å². The van der Waals surface area contributed by atoms with Gasteiger partial charge in [-0.1, -0.05) is 15.8 Å². The molecule has 7 heteroatoms. The zero-order valence-electron chi connectivity index (χ0n) is 12.4. The summed E-state index contributed by atoms with van der Waals surface area (Å²) >= 11 is 0. The number of hydrogen-bond donors (Lipinski definition) is 4. The Morgan fingerprint density at radius 3 is 2.64 bits per heavy atom. The van der Waals surface area contributed by atoms with Crippen LogP contribution in [0.4, 0.5) is 4.79 Å². The Balaban J connectivity index is 1.97. The van der Waals surface area contributed by atoms with Crippen molar-refractivity contribution < 1.29 is 24.7 Å². The quantitative estimate of drug-likeness (QED) is 0.566. The molecular formula is C15H22N3O4+. The lowest BCUT2D eigenvalue weighted by Crippen LogP contribution is -2.56. The minimum absolute atomic E-state index is 0.0720. The summed E-state index contributed by atoms with van der Waals surface area (Å²) in [5, 5.41) is 36.1. The van der Waals surface area contributed by atoms with E-state index in [2.05, 4.69) is 16.5 Å². The van der Waals surface area contributed by atoms with Crippen molar-refractivity contribution >= 4 is 12.3 Å². The minimum atomic E-state index is -1.18. The van der Waals surface area contributed by atoms with Gasteiger partial charge >= 0.3 is 6.09 Å². The predicted molar refractivity (Wildman–Crippen MR) is 80.1 cm³/mol. The normalized spacial score (nSPS) is 29.4. The molecule has 1 unspecified atom stereocenters. The second-order valence-electron chi connectivity index (χ2n) is 6.26. The highest BCUT2D eigenvalue weighted by Gasteiger charge is 2.54. The van der Waals surface area contributed by atoms with E-state index in [4.69, 9.17) is 0 Å². The van der Waals surface area contributed by atoms with Gasteiger partial charge < -0.3 is 20.6 Å². The van der Waals surface area contributed by atoms with Gasteiger partial charge in [0.2, 0.25) is 0 Å². The van der Waals surface area contributed by atoms with E-state index < -0.39 is 29.9 Å². The van der Waals surface area contributed by atoms with Crippen molar-refractivity contribution in [1.29, 1.82) is 0 Å². The van der Waals surface area contributed by atoms with Gasteiger partial charge in [0, 0.05) is 5.57 Å². The van der Waals surface area contributed by atoms with Crippen molar-refractivity contribution in [2.24, 2.45) is 10.5 Å². The number of nitrogens with zero attached hydrogens (tertiary/aromatic N) is 2. The lowest BCUT2D eigenvalue weighted by molar-refractivity contribution is -0.848. The highest BCUT2D eigenvalue weighted by molar-refractivity contribution is 5.84. The van der Waals surface area contributed by atoms with Crippen molar-refractivity contribution in [2.75, 3.05) is 26.3 Å². The van der Waals surface area contributed by atoms with Crippen LogP contribution < -0.4 is 5.32 Å². The highest BCUT2D eigenvalue weighted by Crippen LogP contribution is 2.45. The first kappa shape index (κ1) is 15.4. The van der Waals surface area contributed by atoms with Crippen LogP contribution in [0.2, 0.25) is 0 Å². The average molecular weight is 308 g/mol. The number of rotatable bonds is 3. The molecule has 3 rings (SSSR count). The standard InChI is InChI=1S/C15H21N3O4/c19-9-12(10-20)18(14(21)22)13-1-2-15(3-5-16-6-4-15)7-11(13)8-17-18/h1-2,8,12,16,19-20H,3-7,9-10H2/p+1. The van der Waals surface area contributed by atoms with Gasteiger partial charge in [0.25, 0.3) is 0 Å². The van der Waals surface area contributed by atoms with E-state index in [9.17, 15) is 20.1 Å². The summed E-state index contributed by atoms with van der Waals surface area (Å²) in [4.78, 5) is 11.9. The number of amides is 1. The van der Waals surface area contributed by atoms with Crippen molar-refractivity contribution in [3.8, 4) is 0 Å². The van der Waals surface area contributed by atoms with Gasteiger partial charge in [-0.15, -0.1) is 0 Å². The Kier molecular flexibility index (Phi) is 3.90. The maximum Gasteiger partial charge on any atom is 0.546 e. The van der Waals surface area contributed by atoms with E-state index in [1.165, 1.54) is 0 Å². The van der Waals surface area contributed by atoms with Crippen molar-refractivity contribution in [3.05, 3.63) is 23.4 Å². The number of carboxylic acid groups (broad SMARTS) is 1. The van der Waals surface area contributed by atoms with E-state index in [0.717, 1.165) is 37.9 Å². The first-order chi connectivity index (χ1) is 10.6. The van der Waals surface area contributed by atoms with Crippen LogP contribution in [-0.2, 0) is 0 Å². The van der Waals surface area contributed by atoms with Gasteiger partial charge in [0.15, 0.2) is 11.7 Å². The number of hydrogen-bond acceptors (Lipinski definition) is 5. The van der Waals surface area contributed by atoms with Crippen LogP contribution >= 0.6 is 0 Å². The fourth-order valence-electron chi connectivity index (χ4n) is 3.72. The monoisotopic (exact) mass is 308 g/mol. The fraction of sp³-hybridized carbons (Fsp3) is 0.600. The number of carbonyl (C=O) groups is 1. The van der Waals surface area contributed by atoms with E-state index in [1.54, 1.807) is 6.21 Å². The Morgan fingerprint density at radius 2 is 2.05 bits per heavy atom. The molecule has 0 aromatic carbocycles. The summed E-state index contributed by atoms with van der Waals surface area (Å²) in [7, 11) is 0. The van der Waals surface area contributed by atoms with Gasteiger partial charge in [-0.2, -0.15) is 4.79 Å². The molecule has 1 aliphatic carbocycles. The average Bonchev–Trinajstić information content (AvgIpc) is 2.89. The lowest BCUT2D eigenvalue weighted by atomic mass is 9.71. The zero-order chi connectivity index (χ0) is 15.8. The van der Waals surface area contributed by atoms with E-state index in [-0.39, 0.29) is 5.41 Å². The SMILES string of the molecule is O=C(O)[N+]1(C(CO)CO)N=CC2=C1C=CC1(CCNCC1)C2. The maximum absolute atomic E-state index is 11.9. The van der Waals surface area contributed by atoms with E-state index in [0.29, 0.717) is 5.70 Å². The second kappa shape index (κ2) is 5.58. The molecule has 2 aliphatic heterocycles. The van der Waals surface area contributed by atoms with Crippen LogP contribution in [0.15, 0.2) is 28.5 Å². The molecule has 1 atom stereocenters. The van der Waals surface area contributed by atoms with Gasteiger partial charge in [-0.3, -0.25) is 0 Å². The summed E-state index contributed by atoms with van der Waals surface area (Å²) in [5.74, 6) is 0. The van der Waals surface area contributed by atoms with Gasteiger partial charge in [-0.05, 0) is 43.8 Å². The minimum Gasteiger partial charge on any atom is -0.433 e. The molecule has 120 valence electrons. The Hall–Kier alpha value is -1.54. The summed E-state index contributed by atoms with van der Waals surface area (Å²) in [6, 6.07) is -0.895. The Labute approximate surface area is 128 Å². The smallest absolute Gasteiger partial charge is 0.433 e. The third-order valence-electron chi connectivity index (χ3n) is 5.07. The van der Waals surface area contributed by atoms with E-state index in [1.807, 2.05) is 6.08 Å². The summed E-state index contributed by atoms with van der Waals surface area (Å²) < 4.78 is -0.757. The van der Waals surface area contributed by atoms with Gasteiger partial charge in [0.05, 0.1) is 6.21 Å². The van der Waals surface area contributed by atoms with Crippen LogP contribution in [0.5, 0.6) is 0 Å². The largest absolute Gasteiger partial charge is 0.546 e. The zero-order valence-corrected chi connectivity index (χ0v) is 12.4. The number of nitrogens with one attached hydrogen (secondary N) is 1. The van der Waals surface area contributed by atoms with E-state index >= 15 is 0 Å². The van der Waals surface area contributed by atoms with Crippen LogP contribution in [0.25, 0.3) is 0 Å². The van der Waals surface area contributed by atoms with Crippen molar-refractivity contribution in [3.63, 3.8) is 0 Å². The van der Waals surface area contributed by atoms with Crippen molar-refractivity contribution in [2.45, 2.75) is 25.3 Å². The first-order valence-corrected chi connectivity index (χ1v) is 7.61. The molecule has 7 nitrogen and oxygen atoms in total. The molecule has 0 radical (unpaired) electrons. The summed E-state index contributed by atoms with van der Waals surface area (Å²) in [6.07, 6.45) is 7.16. The topological polar surface area (TPSA) is 102 Å². The molecule has 0 aromatic rings. The lowest BCUT2D eigenvalue weighted by Gasteiger charge is -2.38. The molecule has 0 aromatic heterocycles. The highest BCUT2D eigenvalue weighted by atomic mass is 16.4. The Morgan fingerprint density at radius 1 is 1.36 bits per heavy atom. The number of aliphatic hydroxyl groups is 2. The molecule has 1 fully saturated rings.